The van der Waals surface area contributed by atoms with Gasteiger partial charge in [-0.25, -0.2) is 9.97 Å². The van der Waals surface area contributed by atoms with Crippen LogP contribution in [0.25, 0.3) is 22.4 Å². The third kappa shape index (κ3) is 5.46. The highest BCUT2D eigenvalue weighted by molar-refractivity contribution is 6.00. The van der Waals surface area contributed by atoms with E-state index < -0.39 is 0 Å². The Morgan fingerprint density at radius 1 is 0.947 bits per heavy atom. The Hall–Kier alpha value is -4.40. The standard InChI is InChI=1S/C29H33N7O2/c1-3-21-9-7-8-12-25(21)35-15-17-36(18-16-35)29(38)24-19-23-27(31-14-13-30-20(2)37)33-26(34-28(23)32-24)22-10-5-4-6-11-22/h4-12,19H,3,13-18H2,1-2H3,(H,30,37)(H2,31,32,33,34). The molecule has 0 spiro atoms. The summed E-state index contributed by atoms with van der Waals surface area (Å²) in [7, 11) is 0. The lowest BCUT2D eigenvalue weighted by Crippen LogP contribution is -2.49. The van der Waals surface area contributed by atoms with Gasteiger partial charge in [-0.3, -0.25) is 9.59 Å². The fraction of sp³-hybridized carbons (Fsp3) is 0.310. The largest absolute Gasteiger partial charge is 0.368 e. The Morgan fingerprint density at radius 2 is 1.68 bits per heavy atom. The molecule has 0 radical (unpaired) electrons. The number of aryl methyl sites for hydroxylation is 1. The van der Waals surface area contributed by atoms with Crippen molar-refractivity contribution in [3.05, 3.63) is 71.9 Å². The molecule has 2 aromatic heterocycles. The average molecular weight is 512 g/mol. The second-order valence-electron chi connectivity index (χ2n) is 9.38. The Balaban J connectivity index is 1.36. The number of para-hydroxylation sites is 1. The van der Waals surface area contributed by atoms with Crippen molar-refractivity contribution < 1.29 is 9.59 Å². The minimum Gasteiger partial charge on any atom is -0.368 e. The number of fused-ring (bicyclic) bond motifs is 1. The van der Waals surface area contributed by atoms with Crippen molar-refractivity contribution in [2.45, 2.75) is 20.3 Å². The second-order valence-corrected chi connectivity index (χ2v) is 9.38. The SMILES string of the molecule is CCc1ccccc1N1CCN(C(=O)c2cc3c(NCCNC(C)=O)nc(-c4ccccc4)nc3[nH]2)CC1. The third-order valence-electron chi connectivity index (χ3n) is 6.82. The summed E-state index contributed by atoms with van der Waals surface area (Å²) in [6.45, 7) is 7.49. The average Bonchev–Trinajstić information content (AvgIpc) is 3.40. The van der Waals surface area contributed by atoms with E-state index in [9.17, 15) is 9.59 Å². The lowest BCUT2D eigenvalue weighted by atomic mass is 10.1. The lowest BCUT2D eigenvalue weighted by molar-refractivity contribution is -0.118. The van der Waals surface area contributed by atoms with Crippen LogP contribution < -0.4 is 15.5 Å². The van der Waals surface area contributed by atoms with Crippen molar-refractivity contribution >= 4 is 34.4 Å². The second kappa shape index (κ2) is 11.3. The van der Waals surface area contributed by atoms with Gasteiger partial charge in [0.2, 0.25) is 5.91 Å². The Labute approximate surface area is 222 Å². The van der Waals surface area contributed by atoms with E-state index in [4.69, 9.17) is 9.97 Å². The van der Waals surface area contributed by atoms with Crippen molar-refractivity contribution in [2.75, 3.05) is 49.5 Å². The lowest BCUT2D eigenvalue weighted by Gasteiger charge is -2.36. The van der Waals surface area contributed by atoms with Crippen LogP contribution >= 0.6 is 0 Å². The topological polar surface area (TPSA) is 106 Å². The number of carbonyl (C=O) groups is 2. The molecule has 0 aliphatic carbocycles. The highest BCUT2D eigenvalue weighted by Crippen LogP contribution is 2.27. The number of piperazine rings is 1. The van der Waals surface area contributed by atoms with Crippen LogP contribution in [0.4, 0.5) is 11.5 Å². The summed E-state index contributed by atoms with van der Waals surface area (Å²) < 4.78 is 0. The van der Waals surface area contributed by atoms with Crippen LogP contribution in [0.3, 0.4) is 0 Å². The van der Waals surface area contributed by atoms with Crippen molar-refractivity contribution in [2.24, 2.45) is 0 Å². The summed E-state index contributed by atoms with van der Waals surface area (Å²) in [6.07, 6.45) is 0.984. The number of H-pyrrole nitrogens is 1. The van der Waals surface area contributed by atoms with E-state index >= 15 is 0 Å². The van der Waals surface area contributed by atoms with Gasteiger partial charge in [-0.15, -0.1) is 0 Å². The Bertz CT molecular complexity index is 1430. The van der Waals surface area contributed by atoms with Crippen LogP contribution in [0.15, 0.2) is 60.7 Å². The molecule has 1 fully saturated rings. The highest BCUT2D eigenvalue weighted by Gasteiger charge is 2.25. The minimum absolute atomic E-state index is 0.0446. The van der Waals surface area contributed by atoms with E-state index in [-0.39, 0.29) is 11.8 Å². The molecule has 1 saturated heterocycles. The predicted molar refractivity (Wildman–Crippen MR) is 150 cm³/mol. The molecule has 1 aliphatic heterocycles. The van der Waals surface area contributed by atoms with Crippen LogP contribution in [-0.4, -0.2) is 70.9 Å². The van der Waals surface area contributed by atoms with Crippen LogP contribution in [0.2, 0.25) is 0 Å². The number of hydrogen-bond acceptors (Lipinski definition) is 6. The van der Waals surface area contributed by atoms with Gasteiger partial charge in [0.1, 0.15) is 17.2 Å². The highest BCUT2D eigenvalue weighted by atomic mass is 16.2. The van der Waals surface area contributed by atoms with Gasteiger partial charge in [-0.05, 0) is 24.1 Å². The summed E-state index contributed by atoms with van der Waals surface area (Å²) in [6, 6.07) is 20.0. The Kier molecular flexibility index (Phi) is 7.53. The van der Waals surface area contributed by atoms with Crippen LogP contribution in [0, 0.1) is 0 Å². The maximum Gasteiger partial charge on any atom is 0.270 e. The molecule has 9 nitrogen and oxygen atoms in total. The van der Waals surface area contributed by atoms with Gasteiger partial charge < -0.3 is 25.4 Å². The number of aromatic nitrogens is 3. The first kappa shape index (κ1) is 25.3. The fourth-order valence-electron chi connectivity index (χ4n) is 4.83. The molecule has 5 rings (SSSR count). The smallest absolute Gasteiger partial charge is 0.270 e. The van der Waals surface area contributed by atoms with Gasteiger partial charge in [0.25, 0.3) is 5.91 Å². The van der Waals surface area contributed by atoms with E-state index in [0.29, 0.717) is 49.2 Å². The summed E-state index contributed by atoms with van der Waals surface area (Å²) in [5.74, 6) is 1.05. The fourth-order valence-corrected chi connectivity index (χ4v) is 4.83. The van der Waals surface area contributed by atoms with E-state index in [0.717, 1.165) is 30.5 Å². The van der Waals surface area contributed by atoms with E-state index in [1.807, 2.05) is 41.3 Å². The molecule has 38 heavy (non-hydrogen) atoms. The van der Waals surface area contributed by atoms with Gasteiger partial charge in [-0.1, -0.05) is 55.5 Å². The van der Waals surface area contributed by atoms with Gasteiger partial charge in [0.15, 0.2) is 5.82 Å². The summed E-state index contributed by atoms with van der Waals surface area (Å²) in [4.78, 5) is 41.7. The number of carbonyl (C=O) groups excluding carboxylic acids is 2. The van der Waals surface area contributed by atoms with Gasteiger partial charge in [-0.2, -0.15) is 0 Å². The molecule has 0 bridgehead atoms. The van der Waals surface area contributed by atoms with E-state index in [1.54, 1.807) is 0 Å². The molecule has 0 saturated carbocycles. The molecule has 0 atom stereocenters. The van der Waals surface area contributed by atoms with Crippen molar-refractivity contribution in [3.63, 3.8) is 0 Å². The number of benzene rings is 2. The number of aromatic amines is 1. The molecule has 1 aliphatic rings. The van der Waals surface area contributed by atoms with Crippen LogP contribution in [0.1, 0.15) is 29.9 Å². The first-order chi connectivity index (χ1) is 18.5. The quantitative estimate of drug-likeness (QED) is 0.312. The molecular formula is C29H33N7O2. The van der Waals surface area contributed by atoms with E-state index in [1.165, 1.54) is 18.2 Å². The molecule has 2 amide bonds. The predicted octanol–water partition coefficient (Wildman–Crippen LogP) is 3.70. The number of anilines is 2. The summed E-state index contributed by atoms with van der Waals surface area (Å²) >= 11 is 0. The molecule has 9 heteroatoms. The first-order valence-corrected chi connectivity index (χ1v) is 13.1. The normalized spacial score (nSPS) is 13.5. The monoisotopic (exact) mass is 511 g/mol. The van der Waals surface area contributed by atoms with Crippen molar-refractivity contribution in [1.82, 2.24) is 25.2 Å². The molecule has 0 unspecified atom stereocenters. The third-order valence-corrected chi connectivity index (χ3v) is 6.82. The molecular weight excluding hydrogens is 478 g/mol. The molecule has 2 aromatic carbocycles. The molecule has 4 aromatic rings. The molecule has 196 valence electrons. The number of nitrogens with one attached hydrogen (secondary N) is 3. The van der Waals surface area contributed by atoms with Crippen molar-refractivity contribution in [1.29, 1.82) is 0 Å². The van der Waals surface area contributed by atoms with Crippen LogP contribution in [-0.2, 0) is 11.2 Å². The number of amides is 2. The zero-order chi connectivity index (χ0) is 26.5. The summed E-state index contributed by atoms with van der Waals surface area (Å²) in [5.41, 5.74) is 4.55. The number of hydrogen-bond donors (Lipinski definition) is 3. The first-order valence-electron chi connectivity index (χ1n) is 13.1. The maximum absolute atomic E-state index is 13.5. The van der Waals surface area contributed by atoms with Gasteiger partial charge in [0.05, 0.1) is 5.39 Å². The van der Waals surface area contributed by atoms with Gasteiger partial charge >= 0.3 is 0 Å². The molecule has 3 heterocycles. The van der Waals surface area contributed by atoms with E-state index in [2.05, 4.69) is 51.7 Å². The summed E-state index contributed by atoms with van der Waals surface area (Å²) in [5, 5.41) is 6.83. The Morgan fingerprint density at radius 3 is 2.42 bits per heavy atom. The number of rotatable bonds is 8. The number of nitrogens with zero attached hydrogens (tertiary/aromatic N) is 4. The minimum atomic E-state index is -0.0857. The van der Waals surface area contributed by atoms with Crippen molar-refractivity contribution in [3.8, 4) is 11.4 Å². The zero-order valence-electron chi connectivity index (χ0n) is 21.8. The maximum atomic E-state index is 13.5. The zero-order valence-corrected chi connectivity index (χ0v) is 21.8. The molecule has 3 N–H and O–H groups in total. The van der Waals surface area contributed by atoms with Crippen LogP contribution in [0.5, 0.6) is 0 Å². The van der Waals surface area contributed by atoms with Gasteiger partial charge in [0, 0.05) is 57.4 Å².